The molecular weight excluding hydrogens is 514 g/mol. The highest BCUT2D eigenvalue weighted by Crippen LogP contribution is 2.43. The van der Waals surface area contributed by atoms with Crippen molar-refractivity contribution in [3.63, 3.8) is 0 Å². The second kappa shape index (κ2) is 11.1. The van der Waals surface area contributed by atoms with Crippen LogP contribution in [-0.2, 0) is 0 Å². The van der Waals surface area contributed by atoms with Crippen LogP contribution >= 0.6 is 11.6 Å². The second-order valence-corrected chi connectivity index (χ2v) is 10.4. The molecule has 3 aromatic carbocycles. The number of carbonyl (C=O) groups is 1. The van der Waals surface area contributed by atoms with Crippen molar-refractivity contribution in [1.29, 1.82) is 0 Å². The fourth-order valence-corrected chi connectivity index (χ4v) is 5.30. The Kier molecular flexibility index (Phi) is 7.67. The third kappa shape index (κ3) is 5.01. The summed E-state index contributed by atoms with van der Waals surface area (Å²) in [6, 6.07) is 15.5. The van der Waals surface area contributed by atoms with Crippen molar-refractivity contribution in [3.8, 4) is 11.5 Å². The molecule has 39 heavy (non-hydrogen) atoms. The van der Waals surface area contributed by atoms with Gasteiger partial charge in [-0.3, -0.25) is 14.5 Å². The minimum absolute atomic E-state index is 0.0379. The van der Waals surface area contributed by atoms with Gasteiger partial charge in [-0.25, -0.2) is 0 Å². The Morgan fingerprint density at radius 3 is 2.49 bits per heavy atom. The molecule has 1 amide bonds. The van der Waals surface area contributed by atoms with Crippen molar-refractivity contribution < 1.29 is 18.7 Å². The summed E-state index contributed by atoms with van der Waals surface area (Å²) in [4.78, 5) is 29.4. The molecule has 0 fully saturated rings. The molecule has 1 aliphatic heterocycles. The maximum atomic E-state index is 14.0. The van der Waals surface area contributed by atoms with E-state index in [0.29, 0.717) is 50.9 Å². The Morgan fingerprint density at radius 1 is 0.949 bits per heavy atom. The second-order valence-electron chi connectivity index (χ2n) is 9.98. The number of fused-ring (bicyclic) bond motifs is 2. The molecule has 202 valence electrons. The smallest absolute Gasteiger partial charge is 0.295 e. The average molecular weight is 546 g/mol. The minimum atomic E-state index is -0.735. The van der Waals surface area contributed by atoms with Gasteiger partial charge in [-0.2, -0.15) is 0 Å². The third-order valence-electron chi connectivity index (χ3n) is 7.33. The van der Waals surface area contributed by atoms with Crippen LogP contribution < -0.4 is 19.8 Å². The van der Waals surface area contributed by atoms with Gasteiger partial charge in [0.15, 0.2) is 16.9 Å². The van der Waals surface area contributed by atoms with Gasteiger partial charge in [-0.1, -0.05) is 49.9 Å². The Hall–Kier alpha value is -3.77. The number of hydrogen-bond donors (Lipinski definition) is 0. The van der Waals surface area contributed by atoms with Crippen LogP contribution in [0, 0.1) is 13.8 Å². The highest BCUT2D eigenvalue weighted by Gasteiger charge is 2.44. The SMILES string of the molecule is CCCCCCOc1ccc(C2c3c(oc4cc(C)c(C)cc4c3=O)C(=O)N2c2cccc(Cl)c2)cc1OC. The van der Waals surface area contributed by atoms with E-state index in [9.17, 15) is 9.59 Å². The number of rotatable bonds is 9. The number of methoxy groups -OCH3 is 1. The molecule has 0 aliphatic carbocycles. The van der Waals surface area contributed by atoms with Crippen LogP contribution in [0.4, 0.5) is 5.69 Å². The van der Waals surface area contributed by atoms with Gasteiger partial charge >= 0.3 is 0 Å². The van der Waals surface area contributed by atoms with Crippen molar-refractivity contribution in [3.05, 3.63) is 97.9 Å². The first kappa shape index (κ1) is 26.8. The first-order valence-corrected chi connectivity index (χ1v) is 13.7. The summed E-state index contributed by atoms with van der Waals surface area (Å²) in [5, 5.41) is 0.927. The van der Waals surface area contributed by atoms with E-state index in [4.69, 9.17) is 25.5 Å². The highest BCUT2D eigenvalue weighted by atomic mass is 35.5. The predicted octanol–water partition coefficient (Wildman–Crippen LogP) is 7.78. The van der Waals surface area contributed by atoms with Crippen LogP contribution in [-0.4, -0.2) is 19.6 Å². The number of aryl methyl sites for hydroxylation is 2. The van der Waals surface area contributed by atoms with E-state index in [-0.39, 0.29) is 11.2 Å². The van der Waals surface area contributed by atoms with Crippen molar-refractivity contribution in [2.45, 2.75) is 52.5 Å². The summed E-state index contributed by atoms with van der Waals surface area (Å²) in [6.07, 6.45) is 4.39. The van der Waals surface area contributed by atoms with E-state index >= 15 is 0 Å². The number of anilines is 1. The quantitative estimate of drug-likeness (QED) is 0.201. The lowest BCUT2D eigenvalue weighted by molar-refractivity contribution is 0.0971. The molecule has 1 atom stereocenters. The van der Waals surface area contributed by atoms with Crippen LogP contribution in [0.3, 0.4) is 0 Å². The zero-order valence-electron chi connectivity index (χ0n) is 22.7. The normalized spacial score (nSPS) is 14.6. The van der Waals surface area contributed by atoms with Crippen LogP contribution in [0.15, 0.2) is 63.8 Å². The molecule has 0 N–H and O–H groups in total. The van der Waals surface area contributed by atoms with Crippen LogP contribution in [0.25, 0.3) is 11.0 Å². The Morgan fingerprint density at radius 2 is 1.74 bits per heavy atom. The summed E-state index contributed by atoms with van der Waals surface area (Å²) in [5.74, 6) is 0.792. The van der Waals surface area contributed by atoms with Gasteiger partial charge < -0.3 is 13.9 Å². The third-order valence-corrected chi connectivity index (χ3v) is 7.57. The van der Waals surface area contributed by atoms with E-state index in [0.717, 1.165) is 30.4 Å². The first-order chi connectivity index (χ1) is 18.8. The number of unbranched alkanes of at least 4 members (excludes halogenated alkanes) is 3. The Balaban J connectivity index is 1.65. The molecule has 0 spiro atoms. The number of carbonyl (C=O) groups excluding carboxylic acids is 1. The highest BCUT2D eigenvalue weighted by molar-refractivity contribution is 6.31. The van der Waals surface area contributed by atoms with Crippen molar-refractivity contribution in [2.24, 2.45) is 0 Å². The lowest BCUT2D eigenvalue weighted by Crippen LogP contribution is -2.29. The summed E-state index contributed by atoms with van der Waals surface area (Å²) in [7, 11) is 1.58. The van der Waals surface area contributed by atoms with E-state index in [1.807, 2.05) is 44.2 Å². The maximum absolute atomic E-state index is 14.0. The van der Waals surface area contributed by atoms with Crippen LogP contribution in [0.2, 0.25) is 5.02 Å². The molecule has 2 heterocycles. The molecule has 0 saturated carbocycles. The molecule has 5 rings (SSSR count). The fourth-order valence-electron chi connectivity index (χ4n) is 5.12. The molecule has 1 aromatic heterocycles. The van der Waals surface area contributed by atoms with Gasteiger partial charge in [0.1, 0.15) is 5.58 Å². The number of ether oxygens (including phenoxy) is 2. The molecule has 1 aliphatic rings. The number of halogens is 1. The van der Waals surface area contributed by atoms with E-state index in [2.05, 4.69) is 6.92 Å². The number of hydrogen-bond acceptors (Lipinski definition) is 5. The zero-order valence-corrected chi connectivity index (χ0v) is 23.4. The summed E-state index contributed by atoms with van der Waals surface area (Å²) >= 11 is 6.32. The minimum Gasteiger partial charge on any atom is -0.493 e. The largest absolute Gasteiger partial charge is 0.493 e. The molecule has 0 bridgehead atoms. The number of nitrogens with zero attached hydrogens (tertiary/aromatic N) is 1. The van der Waals surface area contributed by atoms with Gasteiger partial charge in [-0.15, -0.1) is 0 Å². The number of benzene rings is 3. The average Bonchev–Trinajstić information content (AvgIpc) is 3.22. The molecule has 0 radical (unpaired) electrons. The van der Waals surface area contributed by atoms with Crippen LogP contribution in [0.1, 0.15) is 71.5 Å². The van der Waals surface area contributed by atoms with E-state index in [1.54, 1.807) is 36.3 Å². The molecule has 0 saturated heterocycles. The predicted molar refractivity (Wildman–Crippen MR) is 155 cm³/mol. The summed E-state index contributed by atoms with van der Waals surface area (Å²) < 4.78 is 17.8. The van der Waals surface area contributed by atoms with E-state index < -0.39 is 11.9 Å². The van der Waals surface area contributed by atoms with E-state index in [1.165, 1.54) is 6.42 Å². The maximum Gasteiger partial charge on any atom is 0.295 e. The van der Waals surface area contributed by atoms with Gasteiger partial charge in [-0.05, 0) is 79.4 Å². The standard InChI is InChI=1S/C32H32ClNO5/c1-5-6-7-8-14-38-25-13-12-21(17-27(25)37-4)29-28-30(35)24-15-19(2)20(3)16-26(24)39-31(28)32(36)34(29)23-11-9-10-22(33)18-23/h9-13,15-18,29H,5-8,14H2,1-4H3. The monoisotopic (exact) mass is 545 g/mol. The van der Waals surface area contributed by atoms with Crippen molar-refractivity contribution in [2.75, 3.05) is 18.6 Å². The topological polar surface area (TPSA) is 69.0 Å². The fraction of sp³-hybridized carbons (Fsp3) is 0.312. The number of amides is 1. The zero-order chi connectivity index (χ0) is 27.7. The molecule has 1 unspecified atom stereocenters. The van der Waals surface area contributed by atoms with Crippen molar-refractivity contribution >= 4 is 34.2 Å². The molecular formula is C32H32ClNO5. The van der Waals surface area contributed by atoms with Gasteiger partial charge in [0, 0.05) is 10.7 Å². The van der Waals surface area contributed by atoms with Gasteiger partial charge in [0.2, 0.25) is 5.76 Å². The van der Waals surface area contributed by atoms with Gasteiger partial charge in [0.05, 0.1) is 30.7 Å². The summed E-state index contributed by atoms with van der Waals surface area (Å²) in [5.41, 5.74) is 3.69. The molecule has 4 aromatic rings. The first-order valence-electron chi connectivity index (χ1n) is 13.3. The van der Waals surface area contributed by atoms with Crippen molar-refractivity contribution in [1.82, 2.24) is 0 Å². The Labute approximate surface area is 233 Å². The van der Waals surface area contributed by atoms with Crippen LogP contribution in [0.5, 0.6) is 11.5 Å². The molecule has 6 nitrogen and oxygen atoms in total. The van der Waals surface area contributed by atoms with Gasteiger partial charge in [0.25, 0.3) is 5.91 Å². The summed E-state index contributed by atoms with van der Waals surface area (Å²) in [6.45, 7) is 6.66. The molecule has 7 heteroatoms. The lowest BCUT2D eigenvalue weighted by Gasteiger charge is -2.26. The lowest BCUT2D eigenvalue weighted by atomic mass is 9.97. The Bertz CT molecular complexity index is 1610.